The summed E-state index contributed by atoms with van der Waals surface area (Å²) in [5.74, 6) is 1.37. The van der Waals surface area contributed by atoms with Crippen LogP contribution < -0.4 is 4.72 Å². The molecule has 0 amide bonds. The molecular formula is C12H25NO2S. The van der Waals surface area contributed by atoms with Gasteiger partial charge in [0.05, 0.1) is 5.75 Å². The van der Waals surface area contributed by atoms with E-state index in [0.29, 0.717) is 11.8 Å². The van der Waals surface area contributed by atoms with E-state index in [2.05, 4.69) is 18.6 Å². The van der Waals surface area contributed by atoms with Crippen LogP contribution in [0.25, 0.3) is 0 Å². The summed E-state index contributed by atoms with van der Waals surface area (Å²) in [6, 6.07) is 0.158. The van der Waals surface area contributed by atoms with Crippen molar-refractivity contribution < 1.29 is 8.42 Å². The van der Waals surface area contributed by atoms with Gasteiger partial charge < -0.3 is 0 Å². The van der Waals surface area contributed by atoms with E-state index in [-0.39, 0.29) is 11.8 Å². The summed E-state index contributed by atoms with van der Waals surface area (Å²) >= 11 is 0. The minimum atomic E-state index is -3.05. The van der Waals surface area contributed by atoms with Gasteiger partial charge in [-0.1, -0.05) is 40.0 Å². The normalized spacial score (nSPS) is 31.6. The maximum absolute atomic E-state index is 11.8. The average Bonchev–Trinajstić information content (AvgIpc) is 2.22. The van der Waals surface area contributed by atoms with Gasteiger partial charge in [-0.25, -0.2) is 13.1 Å². The van der Waals surface area contributed by atoms with Gasteiger partial charge in [0.15, 0.2) is 0 Å². The van der Waals surface area contributed by atoms with Crippen molar-refractivity contribution in [1.82, 2.24) is 4.72 Å². The van der Waals surface area contributed by atoms with Gasteiger partial charge >= 0.3 is 0 Å². The molecule has 0 spiro atoms. The van der Waals surface area contributed by atoms with Crippen LogP contribution in [-0.4, -0.2) is 20.2 Å². The highest BCUT2D eigenvalue weighted by Crippen LogP contribution is 2.29. The quantitative estimate of drug-likeness (QED) is 0.811. The van der Waals surface area contributed by atoms with E-state index >= 15 is 0 Å². The lowest BCUT2D eigenvalue weighted by molar-refractivity contribution is 0.227. The summed E-state index contributed by atoms with van der Waals surface area (Å²) in [6.07, 6.45) is 5.06. The smallest absolute Gasteiger partial charge is 0.211 e. The molecule has 1 N–H and O–H groups in total. The lowest BCUT2D eigenvalue weighted by atomic mass is 9.78. The van der Waals surface area contributed by atoms with Crippen LogP contribution in [0.5, 0.6) is 0 Å². The van der Waals surface area contributed by atoms with Crippen LogP contribution >= 0.6 is 0 Å². The zero-order valence-electron chi connectivity index (χ0n) is 10.7. The zero-order valence-corrected chi connectivity index (χ0v) is 11.5. The third kappa shape index (κ3) is 4.06. The predicted molar refractivity (Wildman–Crippen MR) is 67.8 cm³/mol. The first-order chi connectivity index (χ1) is 7.46. The monoisotopic (exact) mass is 247 g/mol. The Morgan fingerprint density at radius 3 is 2.56 bits per heavy atom. The van der Waals surface area contributed by atoms with Gasteiger partial charge in [-0.05, 0) is 24.7 Å². The van der Waals surface area contributed by atoms with Crippen molar-refractivity contribution in [2.24, 2.45) is 11.8 Å². The summed E-state index contributed by atoms with van der Waals surface area (Å²) < 4.78 is 26.5. The van der Waals surface area contributed by atoms with Crippen molar-refractivity contribution in [2.75, 3.05) is 5.75 Å². The second-order valence-corrected chi connectivity index (χ2v) is 7.04. The highest BCUT2D eigenvalue weighted by Gasteiger charge is 2.29. The predicted octanol–water partition coefficient (Wildman–Crippen LogP) is 2.53. The highest BCUT2D eigenvalue weighted by molar-refractivity contribution is 7.89. The van der Waals surface area contributed by atoms with E-state index in [4.69, 9.17) is 0 Å². The third-order valence-corrected chi connectivity index (χ3v) is 5.29. The molecule has 3 nitrogen and oxygen atoms in total. The lowest BCUT2D eigenvalue weighted by Gasteiger charge is -2.34. The summed E-state index contributed by atoms with van der Waals surface area (Å²) in [7, 11) is -3.05. The standard InChI is InChI=1S/C12H25NO2S/c1-4-5-9-16(14,15)13-12-8-6-7-10(2)11(12)3/h10-13H,4-9H2,1-3H3/t10-,11+,12+/m1/s1. The molecule has 0 aromatic carbocycles. The Kier molecular flexibility index (Phi) is 5.25. The van der Waals surface area contributed by atoms with Crippen molar-refractivity contribution in [3.05, 3.63) is 0 Å². The number of nitrogens with one attached hydrogen (secondary N) is 1. The highest BCUT2D eigenvalue weighted by atomic mass is 32.2. The molecule has 0 bridgehead atoms. The van der Waals surface area contributed by atoms with Crippen LogP contribution in [-0.2, 0) is 10.0 Å². The maximum Gasteiger partial charge on any atom is 0.211 e. The molecule has 4 heteroatoms. The molecule has 0 aliphatic heterocycles. The van der Waals surface area contributed by atoms with E-state index in [1.54, 1.807) is 0 Å². The van der Waals surface area contributed by atoms with E-state index in [1.165, 1.54) is 6.42 Å². The van der Waals surface area contributed by atoms with E-state index in [1.807, 2.05) is 6.92 Å². The van der Waals surface area contributed by atoms with Crippen molar-refractivity contribution in [2.45, 2.75) is 58.9 Å². The fourth-order valence-corrected chi connectivity index (χ4v) is 3.95. The first kappa shape index (κ1) is 14.0. The molecule has 0 unspecified atom stereocenters. The Labute approximate surface area is 100 Å². The number of sulfonamides is 1. The number of hydrogen-bond acceptors (Lipinski definition) is 2. The largest absolute Gasteiger partial charge is 0.212 e. The van der Waals surface area contributed by atoms with E-state index in [9.17, 15) is 8.42 Å². The maximum atomic E-state index is 11.8. The average molecular weight is 247 g/mol. The van der Waals surface area contributed by atoms with Crippen LogP contribution in [0.3, 0.4) is 0 Å². The Balaban J connectivity index is 2.52. The Bertz CT molecular complexity index is 300. The van der Waals surface area contributed by atoms with Gasteiger partial charge in [-0.3, -0.25) is 0 Å². The van der Waals surface area contributed by atoms with Crippen molar-refractivity contribution in [3.8, 4) is 0 Å². The molecule has 0 aromatic rings. The molecular weight excluding hydrogens is 222 g/mol. The molecule has 0 aromatic heterocycles. The van der Waals surface area contributed by atoms with E-state index in [0.717, 1.165) is 25.7 Å². The summed E-state index contributed by atoms with van der Waals surface area (Å²) in [5.41, 5.74) is 0. The molecule has 0 heterocycles. The molecule has 0 saturated heterocycles. The van der Waals surface area contributed by atoms with Gasteiger partial charge in [0, 0.05) is 6.04 Å². The minimum Gasteiger partial charge on any atom is -0.212 e. The second kappa shape index (κ2) is 6.01. The number of unbranched alkanes of at least 4 members (excludes halogenated alkanes) is 1. The molecule has 96 valence electrons. The van der Waals surface area contributed by atoms with Gasteiger partial charge in [0.2, 0.25) is 10.0 Å². The van der Waals surface area contributed by atoms with Gasteiger partial charge in [-0.15, -0.1) is 0 Å². The summed E-state index contributed by atoms with van der Waals surface area (Å²) in [5, 5.41) is 0. The molecule has 1 saturated carbocycles. The van der Waals surface area contributed by atoms with Crippen LogP contribution in [0.2, 0.25) is 0 Å². The minimum absolute atomic E-state index is 0.158. The molecule has 1 fully saturated rings. The molecule has 16 heavy (non-hydrogen) atoms. The van der Waals surface area contributed by atoms with Gasteiger partial charge in [0.25, 0.3) is 0 Å². The van der Waals surface area contributed by atoms with E-state index < -0.39 is 10.0 Å². The Morgan fingerprint density at radius 2 is 1.94 bits per heavy atom. The van der Waals surface area contributed by atoms with Crippen molar-refractivity contribution in [3.63, 3.8) is 0 Å². The van der Waals surface area contributed by atoms with Crippen molar-refractivity contribution >= 4 is 10.0 Å². The van der Waals surface area contributed by atoms with Gasteiger partial charge in [-0.2, -0.15) is 0 Å². The molecule has 1 aliphatic carbocycles. The van der Waals surface area contributed by atoms with Gasteiger partial charge in [0.1, 0.15) is 0 Å². The van der Waals surface area contributed by atoms with Crippen molar-refractivity contribution in [1.29, 1.82) is 0 Å². The lowest BCUT2D eigenvalue weighted by Crippen LogP contribution is -2.44. The zero-order chi connectivity index (χ0) is 12.2. The van der Waals surface area contributed by atoms with Crippen LogP contribution in [0, 0.1) is 11.8 Å². The van der Waals surface area contributed by atoms with Crippen LogP contribution in [0.4, 0.5) is 0 Å². The second-order valence-electron chi connectivity index (χ2n) is 5.16. The first-order valence-corrected chi connectivity index (χ1v) is 8.11. The van der Waals surface area contributed by atoms with Crippen LogP contribution in [0.15, 0.2) is 0 Å². The molecule has 3 atom stereocenters. The van der Waals surface area contributed by atoms with Crippen LogP contribution in [0.1, 0.15) is 52.9 Å². The third-order valence-electron chi connectivity index (χ3n) is 3.80. The fourth-order valence-electron chi connectivity index (χ4n) is 2.37. The first-order valence-electron chi connectivity index (χ1n) is 6.46. The Hall–Kier alpha value is -0.0900. The number of hydrogen-bond donors (Lipinski definition) is 1. The number of rotatable bonds is 5. The molecule has 0 radical (unpaired) electrons. The Morgan fingerprint density at radius 1 is 1.25 bits per heavy atom. The molecule has 1 aliphatic rings. The fraction of sp³-hybridized carbons (Fsp3) is 1.00. The summed E-state index contributed by atoms with van der Waals surface area (Å²) in [4.78, 5) is 0. The SMILES string of the molecule is CCCCS(=O)(=O)N[C@H]1CCC[C@@H](C)[C@@H]1C. The summed E-state index contributed by atoms with van der Waals surface area (Å²) in [6.45, 7) is 6.40. The topological polar surface area (TPSA) is 46.2 Å². The molecule has 1 rings (SSSR count).